The van der Waals surface area contributed by atoms with Gasteiger partial charge in [0.1, 0.15) is 0 Å². The zero-order chi connectivity index (χ0) is 21.1. The topological polar surface area (TPSA) is 96.0 Å². The van der Waals surface area contributed by atoms with Gasteiger partial charge in [-0.3, -0.25) is 10.1 Å². The number of fused-ring (bicyclic) bond motifs is 1. The van der Waals surface area contributed by atoms with E-state index in [-0.39, 0.29) is 18.4 Å². The first kappa shape index (κ1) is 20.0. The number of urea groups is 1. The minimum Gasteiger partial charge on any atom is -0.308 e. The van der Waals surface area contributed by atoms with Crippen LogP contribution in [0.4, 0.5) is 20.7 Å². The molecule has 0 aliphatic heterocycles. The van der Waals surface area contributed by atoms with Crippen molar-refractivity contribution < 1.29 is 9.59 Å². The summed E-state index contributed by atoms with van der Waals surface area (Å²) in [6, 6.07) is 13.1. The van der Waals surface area contributed by atoms with Gasteiger partial charge in [0, 0.05) is 11.1 Å². The molecule has 2 aromatic carbocycles. The van der Waals surface area contributed by atoms with Crippen molar-refractivity contribution in [2.45, 2.75) is 20.3 Å². The lowest BCUT2D eigenvalue weighted by molar-refractivity contribution is -0.115. The minimum atomic E-state index is -0.381. The Morgan fingerprint density at radius 2 is 1.73 bits per heavy atom. The molecule has 0 unspecified atom stereocenters. The maximum atomic E-state index is 12.4. The molecule has 0 fully saturated rings. The summed E-state index contributed by atoms with van der Waals surface area (Å²) in [5.74, 6) is -0.201. The Bertz CT molecular complexity index is 1210. The molecule has 4 rings (SSSR count). The van der Waals surface area contributed by atoms with Gasteiger partial charge in [0.15, 0.2) is 10.3 Å². The van der Waals surface area contributed by atoms with Gasteiger partial charge in [-0.1, -0.05) is 41.2 Å². The van der Waals surface area contributed by atoms with E-state index < -0.39 is 0 Å². The number of nitrogens with one attached hydrogen (secondary N) is 3. The summed E-state index contributed by atoms with van der Waals surface area (Å²) >= 11 is 2.71. The summed E-state index contributed by atoms with van der Waals surface area (Å²) < 4.78 is 1.03. The third-order valence-electron chi connectivity index (χ3n) is 4.29. The summed E-state index contributed by atoms with van der Waals surface area (Å²) in [6.45, 7) is 3.97. The maximum Gasteiger partial charge on any atom is 0.325 e. The van der Waals surface area contributed by atoms with E-state index in [0.29, 0.717) is 21.6 Å². The van der Waals surface area contributed by atoms with Crippen LogP contribution in [0.5, 0.6) is 0 Å². The first-order valence-electron chi connectivity index (χ1n) is 9.21. The van der Waals surface area contributed by atoms with Crippen LogP contribution in [0, 0.1) is 13.8 Å². The normalized spacial score (nSPS) is 10.7. The second-order valence-electron chi connectivity index (χ2n) is 6.75. The molecule has 152 valence electrons. The fraction of sp³-hybridized carbons (Fsp3) is 0.143. The zero-order valence-corrected chi connectivity index (χ0v) is 18.0. The van der Waals surface area contributed by atoms with E-state index in [4.69, 9.17) is 0 Å². The number of rotatable bonds is 5. The second kappa shape index (κ2) is 8.60. The largest absolute Gasteiger partial charge is 0.325 e. The molecule has 0 atom stereocenters. The van der Waals surface area contributed by atoms with Gasteiger partial charge in [-0.05, 0) is 37.6 Å². The van der Waals surface area contributed by atoms with E-state index in [0.717, 1.165) is 21.3 Å². The molecule has 3 N–H and O–H groups in total. The first-order chi connectivity index (χ1) is 14.5. The maximum absolute atomic E-state index is 12.4. The van der Waals surface area contributed by atoms with E-state index in [1.54, 1.807) is 5.38 Å². The minimum absolute atomic E-state index is 0.104. The van der Waals surface area contributed by atoms with E-state index in [9.17, 15) is 9.59 Å². The molecule has 9 heteroatoms. The first-order valence-corrected chi connectivity index (χ1v) is 10.9. The van der Waals surface area contributed by atoms with Crippen LogP contribution in [0.15, 0.2) is 47.8 Å². The number of benzene rings is 2. The van der Waals surface area contributed by atoms with Gasteiger partial charge in [0.2, 0.25) is 5.91 Å². The van der Waals surface area contributed by atoms with Crippen molar-refractivity contribution in [2.75, 3.05) is 16.0 Å². The van der Waals surface area contributed by atoms with Gasteiger partial charge in [0.25, 0.3) is 0 Å². The number of hydrogen-bond acceptors (Lipinski definition) is 6. The Kier molecular flexibility index (Phi) is 5.73. The Morgan fingerprint density at radius 1 is 0.933 bits per heavy atom. The fourth-order valence-electron chi connectivity index (χ4n) is 2.81. The zero-order valence-electron chi connectivity index (χ0n) is 16.4. The van der Waals surface area contributed by atoms with Crippen LogP contribution >= 0.6 is 22.7 Å². The number of anilines is 3. The summed E-state index contributed by atoms with van der Waals surface area (Å²) in [4.78, 5) is 33.3. The number of thiazole rings is 2. The number of nitrogens with zero attached hydrogens (tertiary/aromatic N) is 2. The number of amides is 3. The molecule has 0 bridgehead atoms. The molecule has 2 heterocycles. The average molecular weight is 438 g/mol. The van der Waals surface area contributed by atoms with Gasteiger partial charge >= 0.3 is 6.03 Å². The highest BCUT2D eigenvalue weighted by Crippen LogP contribution is 2.28. The number of hydrogen-bond donors (Lipinski definition) is 3. The summed E-state index contributed by atoms with van der Waals surface area (Å²) in [5.41, 5.74) is 4.37. The number of carbonyl (C=O) groups excluding carboxylic acids is 2. The standard InChI is InChI=1S/C21H19N5O2S2/c1-12-6-8-14(9-7-12)22-19(28)26-20-23-15(11-29-20)10-17(27)24-21-25-18-13(2)4-3-5-16(18)30-21/h3-9,11H,10H2,1-2H3,(H,24,25,27)(H2,22,23,26,28). The Hall–Kier alpha value is -3.30. The molecule has 0 radical (unpaired) electrons. The molecule has 30 heavy (non-hydrogen) atoms. The van der Waals surface area contributed by atoms with Crippen molar-refractivity contribution in [3.63, 3.8) is 0 Å². The monoisotopic (exact) mass is 437 g/mol. The third-order valence-corrected chi connectivity index (χ3v) is 6.03. The fourth-order valence-corrected chi connectivity index (χ4v) is 4.47. The van der Waals surface area contributed by atoms with Crippen LogP contribution in [0.1, 0.15) is 16.8 Å². The van der Waals surface area contributed by atoms with Gasteiger partial charge in [-0.15, -0.1) is 11.3 Å². The molecule has 4 aromatic rings. The van der Waals surface area contributed by atoms with E-state index >= 15 is 0 Å². The average Bonchev–Trinajstić information content (AvgIpc) is 3.30. The van der Waals surface area contributed by atoms with Crippen molar-refractivity contribution in [3.8, 4) is 0 Å². The summed E-state index contributed by atoms with van der Waals surface area (Å²) in [6.07, 6.45) is 0.104. The van der Waals surface area contributed by atoms with Crippen molar-refractivity contribution in [2.24, 2.45) is 0 Å². The molecule has 0 saturated carbocycles. The van der Waals surface area contributed by atoms with E-state index in [1.807, 2.05) is 56.3 Å². The van der Waals surface area contributed by atoms with Gasteiger partial charge in [-0.25, -0.2) is 14.8 Å². The molecular weight excluding hydrogens is 418 g/mol. The second-order valence-corrected chi connectivity index (χ2v) is 8.64. The van der Waals surface area contributed by atoms with Gasteiger partial charge < -0.3 is 10.6 Å². The Morgan fingerprint density at radius 3 is 2.50 bits per heavy atom. The number of para-hydroxylation sites is 1. The van der Waals surface area contributed by atoms with E-state index in [2.05, 4.69) is 25.9 Å². The number of carbonyl (C=O) groups is 2. The highest BCUT2D eigenvalue weighted by molar-refractivity contribution is 7.22. The summed E-state index contributed by atoms with van der Waals surface area (Å²) in [7, 11) is 0. The molecule has 0 aliphatic carbocycles. The van der Waals surface area contributed by atoms with Crippen LogP contribution in [-0.4, -0.2) is 21.9 Å². The number of aryl methyl sites for hydroxylation is 2. The molecule has 0 spiro atoms. The molecule has 7 nitrogen and oxygen atoms in total. The highest BCUT2D eigenvalue weighted by atomic mass is 32.1. The molecule has 3 amide bonds. The molecule has 2 aromatic heterocycles. The quantitative estimate of drug-likeness (QED) is 0.400. The van der Waals surface area contributed by atoms with Gasteiger partial charge in [0.05, 0.1) is 22.3 Å². The Balaban J connectivity index is 1.33. The summed E-state index contributed by atoms with van der Waals surface area (Å²) in [5, 5.41) is 11.0. The molecule has 0 saturated heterocycles. The van der Waals surface area contributed by atoms with Crippen LogP contribution in [0.2, 0.25) is 0 Å². The number of aromatic nitrogens is 2. The predicted octanol–water partition coefficient (Wildman–Crippen LogP) is 5.19. The lowest BCUT2D eigenvalue weighted by atomic mass is 10.2. The third kappa shape index (κ3) is 4.81. The lowest BCUT2D eigenvalue weighted by Crippen LogP contribution is -2.19. The smallest absolute Gasteiger partial charge is 0.308 e. The molecule has 0 aliphatic rings. The van der Waals surface area contributed by atoms with E-state index in [1.165, 1.54) is 22.7 Å². The van der Waals surface area contributed by atoms with Gasteiger partial charge in [-0.2, -0.15) is 0 Å². The predicted molar refractivity (Wildman–Crippen MR) is 123 cm³/mol. The van der Waals surface area contributed by atoms with Crippen molar-refractivity contribution in [1.82, 2.24) is 9.97 Å². The van der Waals surface area contributed by atoms with Crippen LogP contribution in [0.3, 0.4) is 0 Å². The van der Waals surface area contributed by atoms with Crippen molar-refractivity contribution in [3.05, 3.63) is 64.7 Å². The Labute approximate surface area is 181 Å². The highest BCUT2D eigenvalue weighted by Gasteiger charge is 2.13. The van der Waals surface area contributed by atoms with Crippen LogP contribution in [-0.2, 0) is 11.2 Å². The lowest BCUT2D eigenvalue weighted by Gasteiger charge is -2.05. The molecular formula is C21H19N5O2S2. The van der Waals surface area contributed by atoms with Crippen molar-refractivity contribution in [1.29, 1.82) is 0 Å². The van der Waals surface area contributed by atoms with Crippen LogP contribution < -0.4 is 16.0 Å². The SMILES string of the molecule is Cc1ccc(NC(=O)Nc2nc(CC(=O)Nc3nc4c(C)cccc4s3)cs2)cc1. The van der Waals surface area contributed by atoms with Crippen molar-refractivity contribution >= 4 is 60.8 Å². The van der Waals surface area contributed by atoms with Crippen LogP contribution in [0.25, 0.3) is 10.2 Å².